The van der Waals surface area contributed by atoms with Crippen molar-refractivity contribution in [1.82, 2.24) is 5.43 Å². The Hall–Kier alpha value is -2.40. The number of amides is 1. The van der Waals surface area contributed by atoms with Crippen molar-refractivity contribution in [3.8, 4) is 0 Å². The van der Waals surface area contributed by atoms with Gasteiger partial charge in [-0.2, -0.15) is 0 Å². The molecule has 0 fully saturated rings. The summed E-state index contributed by atoms with van der Waals surface area (Å²) in [7, 11) is 0. The van der Waals surface area contributed by atoms with E-state index in [0.717, 1.165) is 11.1 Å². The Labute approximate surface area is 115 Å². The zero-order valence-corrected chi connectivity index (χ0v) is 10.7. The highest BCUT2D eigenvalue weighted by atomic mass is 19.1. The van der Waals surface area contributed by atoms with Gasteiger partial charge in [-0.05, 0) is 47.5 Å². The molecule has 0 saturated heterocycles. The molecule has 0 unspecified atom stereocenters. The van der Waals surface area contributed by atoms with E-state index in [2.05, 4.69) is 10.9 Å². The monoisotopic (exact) mass is 272 g/mol. The van der Waals surface area contributed by atoms with Gasteiger partial charge in [-0.1, -0.05) is 6.07 Å². The van der Waals surface area contributed by atoms with Crippen LogP contribution in [0, 0.1) is 5.82 Å². The molecule has 4 nitrogen and oxygen atoms in total. The maximum Gasteiger partial charge on any atom is 0.269 e. The van der Waals surface area contributed by atoms with Gasteiger partial charge in [-0.25, -0.2) is 4.39 Å². The van der Waals surface area contributed by atoms with Crippen LogP contribution in [-0.4, -0.2) is 5.91 Å². The first-order valence-corrected chi connectivity index (χ1v) is 6.24. The van der Waals surface area contributed by atoms with Crippen LogP contribution in [0.3, 0.4) is 0 Å². The fourth-order valence-corrected chi connectivity index (χ4v) is 2.05. The molecule has 0 radical (unpaired) electrons. The molecule has 1 amide bonds. The van der Waals surface area contributed by atoms with Gasteiger partial charge < -0.3 is 4.74 Å². The number of hydrogen-bond donors (Lipinski definition) is 2. The summed E-state index contributed by atoms with van der Waals surface area (Å²) in [5.41, 5.74) is 8.65. The molecule has 0 saturated carbocycles. The second-order valence-electron chi connectivity index (χ2n) is 4.56. The molecule has 0 atom stereocenters. The molecule has 0 spiro atoms. The zero-order chi connectivity index (χ0) is 13.9. The molecule has 102 valence electrons. The van der Waals surface area contributed by atoms with E-state index in [1.807, 2.05) is 12.1 Å². The van der Waals surface area contributed by atoms with Crippen molar-refractivity contribution >= 4 is 11.6 Å². The van der Waals surface area contributed by atoms with Crippen LogP contribution in [0.4, 0.5) is 10.1 Å². The third kappa shape index (κ3) is 2.62. The van der Waals surface area contributed by atoms with Crippen LogP contribution >= 0.6 is 0 Å². The summed E-state index contributed by atoms with van der Waals surface area (Å²) in [4.78, 5) is 12.0. The molecule has 1 aliphatic heterocycles. The van der Waals surface area contributed by atoms with Crippen molar-refractivity contribution in [3.05, 3.63) is 65.0 Å². The standard InChI is InChI=1S/C15H13FN2O2/c16-13-3-5-14(6-4-13)17-18-15(19)10-1-2-11-8-20-9-12(11)7-10/h1-7,17H,8-9H2,(H,18,19). The Morgan fingerprint density at radius 2 is 1.80 bits per heavy atom. The molecule has 1 aliphatic rings. The molecule has 0 aliphatic carbocycles. The van der Waals surface area contributed by atoms with Gasteiger partial charge in [0, 0.05) is 5.56 Å². The average Bonchev–Trinajstić information content (AvgIpc) is 2.93. The van der Waals surface area contributed by atoms with Crippen molar-refractivity contribution < 1.29 is 13.9 Å². The lowest BCUT2D eigenvalue weighted by Gasteiger charge is -2.09. The molecule has 20 heavy (non-hydrogen) atoms. The van der Waals surface area contributed by atoms with Crippen molar-refractivity contribution in [3.63, 3.8) is 0 Å². The van der Waals surface area contributed by atoms with E-state index in [1.165, 1.54) is 12.1 Å². The first-order valence-electron chi connectivity index (χ1n) is 6.24. The summed E-state index contributed by atoms with van der Waals surface area (Å²) < 4.78 is 18.1. The lowest BCUT2D eigenvalue weighted by atomic mass is 10.1. The van der Waals surface area contributed by atoms with E-state index in [9.17, 15) is 9.18 Å². The maximum atomic E-state index is 12.8. The molecule has 5 heteroatoms. The van der Waals surface area contributed by atoms with E-state index >= 15 is 0 Å². The number of fused-ring (bicyclic) bond motifs is 1. The van der Waals surface area contributed by atoms with Gasteiger partial charge in [0.15, 0.2) is 0 Å². The first kappa shape index (κ1) is 12.6. The molecule has 1 heterocycles. The zero-order valence-electron chi connectivity index (χ0n) is 10.7. The number of ether oxygens (including phenoxy) is 1. The van der Waals surface area contributed by atoms with Crippen LogP contribution in [0.5, 0.6) is 0 Å². The highest BCUT2D eigenvalue weighted by Crippen LogP contribution is 2.20. The number of nitrogens with one attached hydrogen (secondary N) is 2. The smallest absolute Gasteiger partial charge is 0.269 e. The number of carbonyl (C=O) groups excluding carboxylic acids is 1. The van der Waals surface area contributed by atoms with Crippen LogP contribution in [0.25, 0.3) is 0 Å². The minimum atomic E-state index is -0.319. The van der Waals surface area contributed by atoms with Gasteiger partial charge >= 0.3 is 0 Å². The number of benzene rings is 2. The predicted molar refractivity (Wildman–Crippen MR) is 72.4 cm³/mol. The number of hydrazine groups is 1. The topological polar surface area (TPSA) is 50.4 Å². The average molecular weight is 272 g/mol. The Morgan fingerprint density at radius 3 is 2.60 bits per heavy atom. The second kappa shape index (κ2) is 5.30. The summed E-state index contributed by atoms with van der Waals surface area (Å²) in [6, 6.07) is 11.2. The highest BCUT2D eigenvalue weighted by Gasteiger charge is 2.14. The largest absolute Gasteiger partial charge is 0.372 e. The van der Waals surface area contributed by atoms with Crippen LogP contribution < -0.4 is 10.9 Å². The van der Waals surface area contributed by atoms with Gasteiger partial charge in [0.05, 0.1) is 18.9 Å². The summed E-state index contributed by atoms with van der Waals surface area (Å²) in [5, 5.41) is 0. The molecular weight excluding hydrogens is 259 g/mol. The van der Waals surface area contributed by atoms with Crippen LogP contribution in [0.2, 0.25) is 0 Å². The lowest BCUT2D eigenvalue weighted by Crippen LogP contribution is -2.29. The predicted octanol–water partition coefficient (Wildman–Crippen LogP) is 2.61. The molecule has 2 aromatic carbocycles. The van der Waals surface area contributed by atoms with E-state index in [0.29, 0.717) is 24.5 Å². The van der Waals surface area contributed by atoms with Gasteiger partial charge in [0.1, 0.15) is 5.82 Å². The van der Waals surface area contributed by atoms with E-state index in [-0.39, 0.29) is 11.7 Å². The Kier molecular flexibility index (Phi) is 3.35. The fraction of sp³-hybridized carbons (Fsp3) is 0.133. The van der Waals surface area contributed by atoms with Crippen LogP contribution in [0.1, 0.15) is 21.5 Å². The number of rotatable bonds is 3. The SMILES string of the molecule is O=C(NNc1ccc(F)cc1)c1ccc2c(c1)COC2. The van der Waals surface area contributed by atoms with Gasteiger partial charge in [-0.3, -0.25) is 15.6 Å². The molecule has 2 N–H and O–H groups in total. The Morgan fingerprint density at radius 1 is 1.05 bits per heavy atom. The summed E-state index contributed by atoms with van der Waals surface area (Å²) in [6.45, 7) is 1.15. The van der Waals surface area contributed by atoms with Crippen molar-refractivity contribution in [2.75, 3.05) is 5.43 Å². The van der Waals surface area contributed by atoms with Crippen molar-refractivity contribution in [1.29, 1.82) is 0 Å². The van der Waals surface area contributed by atoms with Crippen LogP contribution in [-0.2, 0) is 18.0 Å². The van der Waals surface area contributed by atoms with Crippen LogP contribution in [0.15, 0.2) is 42.5 Å². The quantitative estimate of drug-likeness (QED) is 0.844. The van der Waals surface area contributed by atoms with Gasteiger partial charge in [0.25, 0.3) is 5.91 Å². The summed E-state index contributed by atoms with van der Waals surface area (Å²) in [5.74, 6) is -0.565. The lowest BCUT2D eigenvalue weighted by molar-refractivity contribution is 0.0962. The Bertz CT molecular complexity index is 641. The number of halogens is 1. The van der Waals surface area contributed by atoms with E-state index in [4.69, 9.17) is 4.74 Å². The number of anilines is 1. The fourth-order valence-electron chi connectivity index (χ4n) is 2.05. The molecule has 0 aromatic heterocycles. The third-order valence-electron chi connectivity index (χ3n) is 3.15. The highest BCUT2D eigenvalue weighted by molar-refractivity contribution is 5.95. The van der Waals surface area contributed by atoms with Gasteiger partial charge in [0.2, 0.25) is 0 Å². The molecular formula is C15H13FN2O2. The summed E-state index contributed by atoms with van der Waals surface area (Å²) >= 11 is 0. The van der Waals surface area contributed by atoms with E-state index < -0.39 is 0 Å². The molecule has 3 rings (SSSR count). The minimum absolute atomic E-state index is 0.246. The number of hydrogen-bond acceptors (Lipinski definition) is 3. The van der Waals surface area contributed by atoms with Gasteiger partial charge in [-0.15, -0.1) is 0 Å². The Balaban J connectivity index is 1.66. The number of carbonyl (C=O) groups is 1. The molecule has 2 aromatic rings. The normalized spacial score (nSPS) is 12.8. The third-order valence-corrected chi connectivity index (χ3v) is 3.15. The van der Waals surface area contributed by atoms with E-state index in [1.54, 1.807) is 18.2 Å². The molecule has 0 bridgehead atoms. The first-order chi connectivity index (χ1) is 9.72. The van der Waals surface area contributed by atoms with Crippen molar-refractivity contribution in [2.45, 2.75) is 13.2 Å². The minimum Gasteiger partial charge on any atom is -0.372 e. The maximum absolute atomic E-state index is 12.8. The van der Waals surface area contributed by atoms with Crippen molar-refractivity contribution in [2.24, 2.45) is 0 Å². The second-order valence-corrected chi connectivity index (χ2v) is 4.56. The summed E-state index contributed by atoms with van der Waals surface area (Å²) in [6.07, 6.45) is 0.